The highest BCUT2D eigenvalue weighted by Crippen LogP contribution is 2.31. The summed E-state index contributed by atoms with van der Waals surface area (Å²) in [6.07, 6.45) is 2.67. The zero-order valence-electron chi connectivity index (χ0n) is 9.17. The molecule has 88 valence electrons. The second-order valence-electron chi connectivity index (χ2n) is 4.01. The summed E-state index contributed by atoms with van der Waals surface area (Å²) in [5.41, 5.74) is 1.16. The van der Waals surface area contributed by atoms with Gasteiger partial charge in [0.2, 0.25) is 0 Å². The molecular formula is C12H15Br2NO. The van der Waals surface area contributed by atoms with Crippen LogP contribution in [0, 0.1) is 0 Å². The Hall–Kier alpha value is -0.0600. The molecule has 0 amide bonds. The van der Waals surface area contributed by atoms with Gasteiger partial charge in [-0.2, -0.15) is 0 Å². The summed E-state index contributed by atoms with van der Waals surface area (Å²) < 4.78 is 7.72. The van der Waals surface area contributed by atoms with Crippen LogP contribution in [0.2, 0.25) is 0 Å². The molecule has 1 aromatic carbocycles. The number of halogens is 2. The van der Waals surface area contributed by atoms with E-state index in [2.05, 4.69) is 49.3 Å². The summed E-state index contributed by atoms with van der Waals surface area (Å²) >= 11 is 7.00. The maximum absolute atomic E-state index is 5.54. The minimum absolute atomic E-state index is 0.455. The molecule has 0 aliphatic heterocycles. The number of ether oxygens (including phenoxy) is 1. The third-order valence-electron chi connectivity index (χ3n) is 2.79. The predicted molar refractivity (Wildman–Crippen MR) is 73.9 cm³/mol. The van der Waals surface area contributed by atoms with Gasteiger partial charge in [0.15, 0.2) is 0 Å². The monoisotopic (exact) mass is 347 g/mol. The normalized spacial score (nSPS) is 23.9. The molecule has 4 heteroatoms. The molecule has 2 rings (SSSR count). The fourth-order valence-electron chi connectivity index (χ4n) is 1.88. The number of hydrogen-bond donors (Lipinski definition) is 1. The van der Waals surface area contributed by atoms with Gasteiger partial charge in [0.05, 0.1) is 6.10 Å². The Morgan fingerprint density at radius 3 is 2.75 bits per heavy atom. The molecule has 16 heavy (non-hydrogen) atoms. The topological polar surface area (TPSA) is 21.3 Å². The number of hydrogen-bond acceptors (Lipinski definition) is 2. The standard InChI is InChI=1S/C12H15Br2NO/c1-2-16-10-6-9(7-10)15-12-4-3-8(13)5-11(12)14/h3-5,9-10,15H,2,6-7H2,1H3. The minimum Gasteiger partial charge on any atom is -0.381 e. The van der Waals surface area contributed by atoms with Crippen LogP contribution in [0.25, 0.3) is 0 Å². The first-order valence-electron chi connectivity index (χ1n) is 5.52. The molecule has 2 nitrogen and oxygen atoms in total. The molecule has 0 spiro atoms. The van der Waals surface area contributed by atoms with Crippen LogP contribution in [0.15, 0.2) is 27.1 Å². The van der Waals surface area contributed by atoms with Crippen LogP contribution in [0.1, 0.15) is 19.8 Å². The molecule has 1 aromatic rings. The third-order valence-corrected chi connectivity index (χ3v) is 3.94. The Morgan fingerprint density at radius 2 is 2.12 bits per heavy atom. The Bertz CT molecular complexity index is 364. The Labute approximate surface area is 113 Å². The van der Waals surface area contributed by atoms with E-state index in [0.29, 0.717) is 12.1 Å². The first-order chi connectivity index (χ1) is 7.69. The average Bonchev–Trinajstić information content (AvgIpc) is 2.18. The maximum atomic E-state index is 5.54. The zero-order chi connectivity index (χ0) is 11.5. The van der Waals surface area contributed by atoms with Crippen LogP contribution in [-0.4, -0.2) is 18.8 Å². The van der Waals surface area contributed by atoms with Crippen molar-refractivity contribution < 1.29 is 4.74 Å². The molecule has 1 N–H and O–H groups in total. The molecule has 1 aliphatic carbocycles. The van der Waals surface area contributed by atoms with Crippen molar-refractivity contribution in [2.45, 2.75) is 31.9 Å². The van der Waals surface area contributed by atoms with Crippen molar-refractivity contribution in [3.8, 4) is 0 Å². The molecule has 0 saturated heterocycles. The highest BCUT2D eigenvalue weighted by atomic mass is 79.9. The van der Waals surface area contributed by atoms with E-state index >= 15 is 0 Å². The smallest absolute Gasteiger partial charge is 0.0614 e. The van der Waals surface area contributed by atoms with Gasteiger partial charge in [-0.15, -0.1) is 0 Å². The summed E-state index contributed by atoms with van der Waals surface area (Å²) in [5.74, 6) is 0. The second-order valence-corrected chi connectivity index (χ2v) is 5.78. The van der Waals surface area contributed by atoms with Crippen molar-refractivity contribution in [2.75, 3.05) is 11.9 Å². The Morgan fingerprint density at radius 1 is 1.38 bits per heavy atom. The van der Waals surface area contributed by atoms with E-state index < -0.39 is 0 Å². The summed E-state index contributed by atoms with van der Waals surface area (Å²) in [5, 5.41) is 3.51. The molecule has 1 aliphatic rings. The van der Waals surface area contributed by atoms with Gasteiger partial charge in [0.1, 0.15) is 0 Å². The van der Waals surface area contributed by atoms with E-state index in [1.165, 1.54) is 0 Å². The fraction of sp³-hybridized carbons (Fsp3) is 0.500. The van der Waals surface area contributed by atoms with Crippen LogP contribution in [0.3, 0.4) is 0 Å². The van der Waals surface area contributed by atoms with Crippen LogP contribution < -0.4 is 5.32 Å². The van der Waals surface area contributed by atoms with Crippen molar-refractivity contribution in [3.05, 3.63) is 27.1 Å². The summed E-state index contributed by atoms with van der Waals surface area (Å²) in [4.78, 5) is 0. The van der Waals surface area contributed by atoms with E-state index in [4.69, 9.17) is 4.74 Å². The van der Waals surface area contributed by atoms with E-state index in [-0.39, 0.29) is 0 Å². The minimum atomic E-state index is 0.455. The average molecular weight is 349 g/mol. The van der Waals surface area contributed by atoms with Gasteiger partial charge < -0.3 is 10.1 Å². The third kappa shape index (κ3) is 2.99. The molecule has 0 unspecified atom stereocenters. The number of nitrogens with one attached hydrogen (secondary N) is 1. The second kappa shape index (κ2) is 5.52. The lowest BCUT2D eigenvalue weighted by molar-refractivity contribution is 0.00298. The van der Waals surface area contributed by atoms with Crippen LogP contribution >= 0.6 is 31.9 Å². The molecule has 0 aromatic heterocycles. The van der Waals surface area contributed by atoms with Gasteiger partial charge in [0.25, 0.3) is 0 Å². The Kier molecular flexibility index (Phi) is 4.27. The lowest BCUT2D eigenvalue weighted by atomic mass is 9.89. The van der Waals surface area contributed by atoms with E-state index in [1.807, 2.05) is 13.0 Å². The molecule has 0 atom stereocenters. The number of rotatable bonds is 4. The highest BCUT2D eigenvalue weighted by Gasteiger charge is 2.29. The lowest BCUT2D eigenvalue weighted by Gasteiger charge is -2.36. The van der Waals surface area contributed by atoms with Crippen molar-refractivity contribution in [3.63, 3.8) is 0 Å². The highest BCUT2D eigenvalue weighted by molar-refractivity contribution is 9.11. The van der Waals surface area contributed by atoms with Gasteiger partial charge in [-0.05, 0) is 53.9 Å². The summed E-state index contributed by atoms with van der Waals surface area (Å²) in [6.45, 7) is 2.87. The Balaban J connectivity index is 1.87. The summed E-state index contributed by atoms with van der Waals surface area (Å²) in [7, 11) is 0. The number of anilines is 1. The molecule has 0 radical (unpaired) electrons. The van der Waals surface area contributed by atoms with Crippen LogP contribution in [0.4, 0.5) is 5.69 Å². The summed E-state index contributed by atoms with van der Waals surface area (Å²) in [6, 6.07) is 6.74. The fourth-order valence-corrected chi connectivity index (χ4v) is 3.04. The van der Waals surface area contributed by atoms with Gasteiger partial charge in [-0.1, -0.05) is 15.9 Å². The van der Waals surface area contributed by atoms with Crippen LogP contribution in [0.5, 0.6) is 0 Å². The van der Waals surface area contributed by atoms with E-state index in [0.717, 1.165) is 34.1 Å². The molecular weight excluding hydrogens is 334 g/mol. The van der Waals surface area contributed by atoms with Crippen molar-refractivity contribution >= 4 is 37.5 Å². The van der Waals surface area contributed by atoms with Gasteiger partial charge in [-0.3, -0.25) is 0 Å². The maximum Gasteiger partial charge on any atom is 0.0614 e. The van der Waals surface area contributed by atoms with Crippen molar-refractivity contribution in [1.82, 2.24) is 0 Å². The first kappa shape index (κ1) is 12.4. The van der Waals surface area contributed by atoms with E-state index in [1.54, 1.807) is 0 Å². The van der Waals surface area contributed by atoms with Gasteiger partial charge >= 0.3 is 0 Å². The molecule has 0 bridgehead atoms. The van der Waals surface area contributed by atoms with Crippen molar-refractivity contribution in [2.24, 2.45) is 0 Å². The van der Waals surface area contributed by atoms with Crippen molar-refractivity contribution in [1.29, 1.82) is 0 Å². The SMILES string of the molecule is CCOC1CC(Nc2ccc(Br)cc2Br)C1. The molecule has 1 saturated carbocycles. The quantitative estimate of drug-likeness (QED) is 0.880. The zero-order valence-corrected chi connectivity index (χ0v) is 12.3. The lowest BCUT2D eigenvalue weighted by Crippen LogP contribution is -2.40. The predicted octanol–water partition coefficient (Wildman–Crippen LogP) is 4.19. The van der Waals surface area contributed by atoms with Crippen LogP contribution in [-0.2, 0) is 4.74 Å². The molecule has 0 heterocycles. The van der Waals surface area contributed by atoms with E-state index in [9.17, 15) is 0 Å². The largest absolute Gasteiger partial charge is 0.381 e. The van der Waals surface area contributed by atoms with Gasteiger partial charge in [0, 0.05) is 27.3 Å². The molecule has 1 fully saturated rings. The first-order valence-corrected chi connectivity index (χ1v) is 7.11. The number of benzene rings is 1. The van der Waals surface area contributed by atoms with Gasteiger partial charge in [-0.25, -0.2) is 0 Å².